The Morgan fingerprint density at radius 1 is 1.43 bits per heavy atom. The minimum absolute atomic E-state index is 0.294. The molecule has 0 aliphatic carbocycles. The van der Waals surface area contributed by atoms with Crippen molar-refractivity contribution in [3.8, 4) is 0 Å². The quantitative estimate of drug-likeness (QED) is 0.324. The summed E-state index contributed by atoms with van der Waals surface area (Å²) in [6.45, 7) is 0. The minimum atomic E-state index is -2.36. The second-order valence-electron chi connectivity index (χ2n) is 2.36. The lowest BCUT2D eigenvalue weighted by Crippen LogP contribution is -1.92. The Hall–Kier alpha value is -1.26. The Balaban J connectivity index is 2.79. The van der Waals surface area contributed by atoms with Crippen molar-refractivity contribution in [2.75, 3.05) is 5.75 Å². The fourth-order valence-corrected chi connectivity index (χ4v) is 1.60. The van der Waals surface area contributed by atoms with Gasteiger partial charge in [0.2, 0.25) is 6.43 Å². The molecule has 0 fully saturated rings. The van der Waals surface area contributed by atoms with E-state index in [2.05, 4.69) is 10.0 Å². The molecule has 0 aliphatic rings. The summed E-state index contributed by atoms with van der Waals surface area (Å²) in [6.07, 6.45) is -2.36. The van der Waals surface area contributed by atoms with Crippen LogP contribution in [0.3, 0.4) is 0 Å². The van der Waals surface area contributed by atoms with Crippen LogP contribution >= 0.6 is 11.8 Å². The first-order valence-corrected chi connectivity index (χ1v) is 4.77. The van der Waals surface area contributed by atoms with Gasteiger partial charge in [-0.3, -0.25) is 0 Å². The summed E-state index contributed by atoms with van der Waals surface area (Å²) in [5.41, 5.74) is 8.61. The topological polar surface area (TPSA) is 48.8 Å². The fourth-order valence-electron chi connectivity index (χ4n) is 0.863. The Morgan fingerprint density at radius 3 is 2.79 bits per heavy atom. The van der Waals surface area contributed by atoms with Gasteiger partial charge in [0.25, 0.3) is 0 Å². The van der Waals surface area contributed by atoms with E-state index < -0.39 is 6.43 Å². The van der Waals surface area contributed by atoms with Crippen molar-refractivity contribution >= 4 is 17.4 Å². The van der Waals surface area contributed by atoms with Crippen LogP contribution in [0.2, 0.25) is 0 Å². The van der Waals surface area contributed by atoms with Crippen LogP contribution in [0.25, 0.3) is 10.4 Å². The highest BCUT2D eigenvalue weighted by atomic mass is 32.2. The monoisotopic (exact) mass is 215 g/mol. The molecule has 14 heavy (non-hydrogen) atoms. The van der Waals surface area contributed by atoms with Crippen LogP contribution in [0.4, 0.5) is 14.5 Å². The van der Waals surface area contributed by atoms with E-state index in [1.807, 2.05) is 0 Å². The van der Waals surface area contributed by atoms with Crippen LogP contribution in [-0.4, -0.2) is 12.2 Å². The lowest BCUT2D eigenvalue weighted by molar-refractivity contribution is 0.177. The summed E-state index contributed by atoms with van der Waals surface area (Å²) < 4.78 is 23.8. The number of hydrogen-bond donors (Lipinski definition) is 0. The highest BCUT2D eigenvalue weighted by Crippen LogP contribution is 2.30. The molecule has 0 amide bonds. The van der Waals surface area contributed by atoms with Gasteiger partial charge < -0.3 is 0 Å². The zero-order chi connectivity index (χ0) is 10.4. The average Bonchev–Trinajstić information content (AvgIpc) is 2.17. The number of halogens is 2. The third-order valence-electron chi connectivity index (χ3n) is 1.38. The molecule has 0 spiro atoms. The summed E-state index contributed by atoms with van der Waals surface area (Å²) in [5.74, 6) is -0.294. The number of thioether (sulfide) groups is 1. The summed E-state index contributed by atoms with van der Waals surface area (Å²) in [5, 5.41) is 3.40. The molecule has 0 aliphatic heterocycles. The van der Waals surface area contributed by atoms with Crippen LogP contribution in [0.5, 0.6) is 0 Å². The van der Waals surface area contributed by atoms with Gasteiger partial charge in [0, 0.05) is 9.81 Å². The molecule has 0 unspecified atom stereocenters. The molecule has 1 rings (SSSR count). The van der Waals surface area contributed by atoms with E-state index in [1.54, 1.807) is 24.3 Å². The summed E-state index contributed by atoms with van der Waals surface area (Å²) in [4.78, 5) is 3.19. The predicted molar refractivity (Wildman–Crippen MR) is 52.0 cm³/mol. The number of hydrogen-bond acceptors (Lipinski definition) is 2. The SMILES string of the molecule is [N-]=[N+]=Nc1ccccc1SCC(F)F. The molecular weight excluding hydrogens is 208 g/mol. The van der Waals surface area contributed by atoms with Crippen LogP contribution in [0.1, 0.15) is 0 Å². The summed E-state index contributed by atoms with van der Waals surface area (Å²) >= 11 is 0.980. The number of alkyl halides is 2. The second kappa shape index (κ2) is 5.47. The molecule has 6 heteroatoms. The van der Waals surface area contributed by atoms with Gasteiger partial charge in [-0.05, 0) is 11.6 Å². The van der Waals surface area contributed by atoms with Crippen LogP contribution in [0.15, 0.2) is 34.3 Å². The second-order valence-corrected chi connectivity index (χ2v) is 3.42. The van der Waals surface area contributed by atoms with Crippen molar-refractivity contribution in [3.05, 3.63) is 34.7 Å². The number of rotatable bonds is 4. The molecule has 3 nitrogen and oxygen atoms in total. The molecule has 1 aromatic rings. The van der Waals surface area contributed by atoms with Gasteiger partial charge in [-0.1, -0.05) is 23.3 Å². The maximum absolute atomic E-state index is 11.9. The van der Waals surface area contributed by atoms with Gasteiger partial charge in [0.1, 0.15) is 0 Å². The Labute approximate surface area is 83.7 Å². The van der Waals surface area contributed by atoms with E-state index >= 15 is 0 Å². The highest BCUT2D eigenvalue weighted by molar-refractivity contribution is 7.99. The average molecular weight is 215 g/mol. The third-order valence-corrected chi connectivity index (χ3v) is 2.46. The lowest BCUT2D eigenvalue weighted by atomic mass is 10.3. The van der Waals surface area contributed by atoms with E-state index in [4.69, 9.17) is 5.53 Å². The lowest BCUT2D eigenvalue weighted by Gasteiger charge is -2.03. The molecular formula is C8H7F2N3S. The Morgan fingerprint density at radius 2 is 2.14 bits per heavy atom. The molecule has 0 aromatic heterocycles. The number of nitrogens with zero attached hydrogens (tertiary/aromatic N) is 3. The summed E-state index contributed by atoms with van der Waals surface area (Å²) in [6, 6.07) is 6.64. The van der Waals surface area contributed by atoms with Gasteiger partial charge in [-0.2, -0.15) is 0 Å². The van der Waals surface area contributed by atoms with E-state index in [-0.39, 0.29) is 5.75 Å². The van der Waals surface area contributed by atoms with E-state index in [1.165, 1.54) is 0 Å². The van der Waals surface area contributed by atoms with Gasteiger partial charge in [-0.25, -0.2) is 8.78 Å². The zero-order valence-corrected chi connectivity index (χ0v) is 7.92. The van der Waals surface area contributed by atoms with Crippen molar-refractivity contribution in [1.29, 1.82) is 0 Å². The van der Waals surface area contributed by atoms with Gasteiger partial charge >= 0.3 is 0 Å². The third kappa shape index (κ3) is 3.24. The molecule has 0 radical (unpaired) electrons. The minimum Gasteiger partial charge on any atom is -0.210 e. The maximum Gasteiger partial charge on any atom is 0.247 e. The van der Waals surface area contributed by atoms with Gasteiger partial charge in [-0.15, -0.1) is 11.8 Å². The first kappa shape index (κ1) is 10.8. The highest BCUT2D eigenvalue weighted by Gasteiger charge is 2.05. The van der Waals surface area contributed by atoms with Crippen molar-refractivity contribution < 1.29 is 8.78 Å². The van der Waals surface area contributed by atoms with Crippen LogP contribution < -0.4 is 0 Å². The predicted octanol–water partition coefficient (Wildman–Crippen LogP) is 3.99. The zero-order valence-electron chi connectivity index (χ0n) is 7.10. The largest absolute Gasteiger partial charge is 0.247 e. The molecule has 0 N–H and O–H groups in total. The van der Waals surface area contributed by atoms with Crippen molar-refractivity contribution in [2.24, 2.45) is 5.11 Å². The number of benzene rings is 1. The normalized spacial score (nSPS) is 9.93. The van der Waals surface area contributed by atoms with E-state index in [0.29, 0.717) is 10.6 Å². The molecule has 0 saturated carbocycles. The van der Waals surface area contributed by atoms with Crippen molar-refractivity contribution in [3.63, 3.8) is 0 Å². The molecule has 74 valence electrons. The van der Waals surface area contributed by atoms with Crippen molar-refractivity contribution in [1.82, 2.24) is 0 Å². The Kier molecular flexibility index (Phi) is 4.22. The maximum atomic E-state index is 11.9. The smallest absolute Gasteiger partial charge is 0.210 e. The standard InChI is InChI=1S/C8H7F2N3S/c9-8(10)5-14-7-4-2-1-3-6(7)12-13-11/h1-4,8H,5H2. The van der Waals surface area contributed by atoms with Gasteiger partial charge in [0.05, 0.1) is 11.4 Å². The Bertz CT molecular complexity index is 350. The van der Waals surface area contributed by atoms with Crippen LogP contribution in [0, 0.1) is 0 Å². The molecule has 1 aromatic carbocycles. The molecule has 0 atom stereocenters. The van der Waals surface area contributed by atoms with Crippen LogP contribution in [-0.2, 0) is 0 Å². The first-order chi connectivity index (χ1) is 6.74. The molecule has 0 heterocycles. The van der Waals surface area contributed by atoms with E-state index in [9.17, 15) is 8.78 Å². The first-order valence-electron chi connectivity index (χ1n) is 3.79. The summed E-state index contributed by atoms with van der Waals surface area (Å²) in [7, 11) is 0. The van der Waals surface area contributed by atoms with Crippen molar-refractivity contribution in [2.45, 2.75) is 11.3 Å². The van der Waals surface area contributed by atoms with E-state index in [0.717, 1.165) is 11.8 Å². The molecule has 0 saturated heterocycles. The number of azide groups is 1. The molecule has 0 bridgehead atoms. The van der Waals surface area contributed by atoms with Gasteiger partial charge in [0.15, 0.2) is 0 Å². The fraction of sp³-hybridized carbons (Fsp3) is 0.250.